The highest BCUT2D eigenvalue weighted by Crippen LogP contribution is 2.31. The van der Waals surface area contributed by atoms with E-state index in [1.807, 2.05) is 37.1 Å². The molecule has 0 unspecified atom stereocenters. The van der Waals surface area contributed by atoms with E-state index in [-0.39, 0.29) is 36.2 Å². The van der Waals surface area contributed by atoms with E-state index in [4.69, 9.17) is 0 Å². The molecule has 0 bridgehead atoms. The van der Waals surface area contributed by atoms with Gasteiger partial charge in [0.25, 0.3) is 5.91 Å². The Balaban J connectivity index is 1.49. The fourth-order valence-electron chi connectivity index (χ4n) is 3.75. The van der Waals surface area contributed by atoms with Crippen molar-refractivity contribution in [3.63, 3.8) is 0 Å². The number of amides is 3. The summed E-state index contributed by atoms with van der Waals surface area (Å²) in [7, 11) is 3.59. The molecule has 2 N–H and O–H groups in total. The average molecular weight is 393 g/mol. The highest BCUT2D eigenvalue weighted by Gasteiger charge is 2.33. The van der Waals surface area contributed by atoms with Crippen LogP contribution in [0.15, 0.2) is 36.4 Å². The summed E-state index contributed by atoms with van der Waals surface area (Å²) < 4.78 is 0. The van der Waals surface area contributed by atoms with Crippen molar-refractivity contribution in [1.82, 2.24) is 15.2 Å². The number of pyridine rings is 1. The minimum absolute atomic E-state index is 0.0132. The number of hydrogen-bond acceptors (Lipinski definition) is 5. The Bertz CT molecular complexity index is 988. The van der Waals surface area contributed by atoms with E-state index in [9.17, 15) is 14.4 Å². The highest BCUT2D eigenvalue weighted by molar-refractivity contribution is 6.01. The van der Waals surface area contributed by atoms with Crippen LogP contribution in [0.2, 0.25) is 0 Å². The molecule has 4 rings (SSSR count). The third-order valence-electron chi connectivity index (χ3n) is 5.45. The number of carbonyl (C=O) groups excluding carboxylic acids is 3. The normalized spacial score (nSPS) is 21.1. The summed E-state index contributed by atoms with van der Waals surface area (Å²) in [6, 6.07) is 10.9. The molecular weight excluding hydrogens is 370 g/mol. The topological polar surface area (TPSA) is 94.6 Å². The lowest BCUT2D eigenvalue weighted by atomic mass is 10.1. The Morgan fingerprint density at radius 2 is 1.86 bits per heavy atom. The maximum atomic E-state index is 12.5. The average Bonchev–Trinajstić information content (AvgIpc) is 3.04. The van der Waals surface area contributed by atoms with Crippen LogP contribution in [0, 0.1) is 12.8 Å². The second-order valence-electron chi connectivity index (χ2n) is 7.60. The quantitative estimate of drug-likeness (QED) is 0.828. The maximum Gasteiger partial charge on any atom is 0.256 e. The van der Waals surface area contributed by atoms with Gasteiger partial charge in [0.2, 0.25) is 11.8 Å². The van der Waals surface area contributed by atoms with Crippen molar-refractivity contribution < 1.29 is 14.4 Å². The molecule has 1 saturated heterocycles. The number of likely N-dealkylation sites (tertiary alicyclic amines) is 1. The summed E-state index contributed by atoms with van der Waals surface area (Å²) in [5.41, 5.74) is 2.93. The number of hydrogen-bond donors (Lipinski definition) is 2. The van der Waals surface area contributed by atoms with Gasteiger partial charge in [0.1, 0.15) is 12.0 Å². The van der Waals surface area contributed by atoms with E-state index in [2.05, 4.69) is 15.6 Å². The van der Waals surface area contributed by atoms with Gasteiger partial charge in [-0.15, -0.1) is 0 Å². The fourth-order valence-corrected chi connectivity index (χ4v) is 3.75. The number of fused-ring (bicyclic) bond motifs is 1. The van der Waals surface area contributed by atoms with Crippen molar-refractivity contribution in [2.24, 2.45) is 5.92 Å². The van der Waals surface area contributed by atoms with E-state index in [1.54, 1.807) is 30.1 Å². The highest BCUT2D eigenvalue weighted by atomic mass is 16.2. The van der Waals surface area contributed by atoms with Crippen molar-refractivity contribution in [3.8, 4) is 0 Å². The lowest BCUT2D eigenvalue weighted by molar-refractivity contribution is -0.127. The van der Waals surface area contributed by atoms with Gasteiger partial charge in [0.15, 0.2) is 0 Å². The van der Waals surface area contributed by atoms with Gasteiger partial charge < -0.3 is 20.4 Å². The predicted molar refractivity (Wildman–Crippen MR) is 108 cm³/mol. The number of carbonyl (C=O) groups is 3. The molecule has 0 radical (unpaired) electrons. The maximum absolute atomic E-state index is 12.5. The summed E-state index contributed by atoms with van der Waals surface area (Å²) in [6.07, 6.45) is -0.110. The van der Waals surface area contributed by atoms with Crippen LogP contribution in [-0.2, 0) is 9.59 Å². The van der Waals surface area contributed by atoms with Crippen molar-refractivity contribution in [2.75, 3.05) is 30.9 Å². The summed E-state index contributed by atoms with van der Waals surface area (Å²) >= 11 is 0. The van der Waals surface area contributed by atoms with Crippen LogP contribution in [-0.4, -0.2) is 48.2 Å². The molecule has 2 aromatic rings. The molecule has 29 heavy (non-hydrogen) atoms. The third-order valence-corrected chi connectivity index (χ3v) is 5.45. The number of rotatable bonds is 3. The molecule has 2 atom stereocenters. The van der Waals surface area contributed by atoms with Crippen molar-refractivity contribution >= 4 is 29.2 Å². The standard InChI is InChI=1S/C21H23N5O3/c1-12-4-9-16-19(22-12)26(3)18(24-21(16)29)13-5-7-15(8-6-13)23-20(28)14-10-17(27)25(2)11-14/h4-9,14,18H,10-11H2,1-3H3,(H,23,28)(H,24,29)/t14-,18+/m0/s1. The number of nitrogens with one attached hydrogen (secondary N) is 2. The van der Waals surface area contributed by atoms with Crippen LogP contribution in [0.25, 0.3) is 0 Å². The Labute approximate surface area is 168 Å². The minimum atomic E-state index is -0.352. The molecule has 8 nitrogen and oxygen atoms in total. The third kappa shape index (κ3) is 3.53. The van der Waals surface area contributed by atoms with E-state index in [0.717, 1.165) is 11.3 Å². The second kappa shape index (κ2) is 7.20. The van der Waals surface area contributed by atoms with E-state index < -0.39 is 0 Å². The Morgan fingerprint density at radius 3 is 2.52 bits per heavy atom. The Kier molecular flexibility index (Phi) is 4.70. The number of aromatic nitrogens is 1. The number of anilines is 2. The first-order valence-corrected chi connectivity index (χ1v) is 9.49. The van der Waals surface area contributed by atoms with Crippen LogP contribution < -0.4 is 15.5 Å². The first-order valence-electron chi connectivity index (χ1n) is 9.49. The monoisotopic (exact) mass is 393 g/mol. The van der Waals surface area contributed by atoms with Crippen LogP contribution in [0.1, 0.15) is 34.2 Å². The van der Waals surface area contributed by atoms with Crippen molar-refractivity contribution in [2.45, 2.75) is 19.5 Å². The summed E-state index contributed by atoms with van der Waals surface area (Å²) in [4.78, 5) is 44.5. The van der Waals surface area contributed by atoms with Crippen LogP contribution in [0.4, 0.5) is 11.5 Å². The number of nitrogens with zero attached hydrogens (tertiary/aromatic N) is 3. The molecule has 2 aliphatic heterocycles. The van der Waals surface area contributed by atoms with Crippen LogP contribution >= 0.6 is 0 Å². The van der Waals surface area contributed by atoms with Gasteiger partial charge in [0.05, 0.1) is 11.5 Å². The van der Waals surface area contributed by atoms with Gasteiger partial charge in [-0.1, -0.05) is 12.1 Å². The molecule has 3 heterocycles. The SMILES string of the molecule is Cc1ccc2c(n1)N(C)[C@H](c1ccc(NC(=O)[C@H]3CC(=O)N(C)C3)cc1)NC2=O. The lowest BCUT2D eigenvalue weighted by Crippen LogP contribution is -2.45. The molecule has 1 aromatic carbocycles. The lowest BCUT2D eigenvalue weighted by Gasteiger charge is -2.35. The van der Waals surface area contributed by atoms with Gasteiger partial charge in [-0.2, -0.15) is 0 Å². The van der Waals surface area contributed by atoms with Crippen LogP contribution in [0.3, 0.4) is 0 Å². The number of benzene rings is 1. The zero-order chi connectivity index (χ0) is 20.7. The first kappa shape index (κ1) is 18.9. The molecule has 8 heteroatoms. The van der Waals surface area contributed by atoms with Crippen molar-refractivity contribution in [3.05, 3.63) is 53.2 Å². The fraction of sp³-hybridized carbons (Fsp3) is 0.333. The molecule has 150 valence electrons. The molecule has 1 aromatic heterocycles. The van der Waals surface area contributed by atoms with Gasteiger partial charge in [-0.05, 0) is 36.8 Å². The molecule has 1 fully saturated rings. The minimum Gasteiger partial charge on any atom is -0.345 e. The number of aryl methyl sites for hydroxylation is 1. The predicted octanol–water partition coefficient (Wildman–Crippen LogP) is 1.69. The zero-order valence-electron chi connectivity index (χ0n) is 16.6. The van der Waals surface area contributed by atoms with Gasteiger partial charge >= 0.3 is 0 Å². The van der Waals surface area contributed by atoms with E-state index in [0.29, 0.717) is 23.6 Å². The second-order valence-corrected chi connectivity index (χ2v) is 7.60. The van der Waals surface area contributed by atoms with Crippen molar-refractivity contribution in [1.29, 1.82) is 0 Å². The summed E-state index contributed by atoms with van der Waals surface area (Å²) in [5, 5.41) is 5.86. The largest absolute Gasteiger partial charge is 0.345 e. The molecular formula is C21H23N5O3. The van der Waals surface area contributed by atoms with Gasteiger partial charge in [-0.3, -0.25) is 14.4 Å². The Hall–Kier alpha value is -3.42. The van der Waals surface area contributed by atoms with E-state index >= 15 is 0 Å². The van der Waals surface area contributed by atoms with Gasteiger partial charge in [0, 0.05) is 38.4 Å². The molecule has 3 amide bonds. The van der Waals surface area contributed by atoms with Crippen LogP contribution in [0.5, 0.6) is 0 Å². The smallest absolute Gasteiger partial charge is 0.256 e. The first-order chi connectivity index (χ1) is 13.8. The van der Waals surface area contributed by atoms with E-state index in [1.165, 1.54) is 0 Å². The molecule has 0 spiro atoms. The molecule has 2 aliphatic rings. The Morgan fingerprint density at radius 1 is 1.14 bits per heavy atom. The molecule has 0 saturated carbocycles. The zero-order valence-corrected chi connectivity index (χ0v) is 16.6. The summed E-state index contributed by atoms with van der Waals surface area (Å²) in [6.45, 7) is 2.33. The summed E-state index contributed by atoms with van der Waals surface area (Å²) in [5.74, 6) is -0.0243. The molecule has 0 aliphatic carbocycles. The van der Waals surface area contributed by atoms with Gasteiger partial charge in [-0.25, -0.2) is 4.98 Å².